The van der Waals surface area contributed by atoms with Crippen molar-refractivity contribution < 1.29 is 0 Å². The van der Waals surface area contributed by atoms with Crippen LogP contribution >= 0.6 is 0 Å². The molecule has 10 aromatic rings. The van der Waals surface area contributed by atoms with Crippen LogP contribution in [-0.4, -0.2) is 24.9 Å². The fourth-order valence-corrected chi connectivity index (χ4v) is 7.70. The van der Waals surface area contributed by atoms with E-state index in [2.05, 4.69) is 158 Å². The van der Waals surface area contributed by atoms with Gasteiger partial charge in [-0.15, -0.1) is 0 Å². The number of pyridine rings is 3. The molecule has 0 bridgehead atoms. The molecule has 10 rings (SSSR count). The number of aryl methyl sites for hydroxylation is 2. The van der Waals surface area contributed by atoms with Crippen LogP contribution in [0, 0.1) is 13.8 Å². The number of hydrogen-bond acceptors (Lipinski definition) is 5. The molecule has 0 amide bonds. The van der Waals surface area contributed by atoms with Crippen molar-refractivity contribution in [3.05, 3.63) is 187 Å². The lowest BCUT2D eigenvalue weighted by Crippen LogP contribution is -1.96. The van der Waals surface area contributed by atoms with Gasteiger partial charge in [-0.05, 0) is 77.4 Å². The van der Waals surface area contributed by atoms with Crippen LogP contribution < -0.4 is 0 Å². The maximum absolute atomic E-state index is 5.16. The fraction of sp³-hybridized carbons (Fsp3) is 0.0392. The normalized spacial score (nSPS) is 11.4. The Morgan fingerprint density at radius 3 is 1.84 bits per heavy atom. The Morgan fingerprint density at radius 1 is 0.375 bits per heavy atom. The Morgan fingerprint density at radius 2 is 1.04 bits per heavy atom. The van der Waals surface area contributed by atoms with Crippen molar-refractivity contribution in [2.45, 2.75) is 13.8 Å². The molecule has 264 valence electrons. The molecule has 5 heteroatoms. The second-order valence-corrected chi connectivity index (χ2v) is 14.3. The Kier molecular flexibility index (Phi) is 8.19. The number of aromatic nitrogens is 5. The number of nitrogens with zero attached hydrogens (tertiary/aromatic N) is 5. The van der Waals surface area contributed by atoms with Crippen molar-refractivity contribution in [1.82, 2.24) is 24.9 Å². The fourth-order valence-electron chi connectivity index (χ4n) is 7.70. The van der Waals surface area contributed by atoms with Crippen molar-refractivity contribution in [2.75, 3.05) is 0 Å². The van der Waals surface area contributed by atoms with Crippen LogP contribution in [0.4, 0.5) is 0 Å². The lowest BCUT2D eigenvalue weighted by Gasteiger charge is -2.12. The maximum Gasteiger partial charge on any atom is 0.160 e. The molecule has 4 aromatic heterocycles. The third-order valence-electron chi connectivity index (χ3n) is 10.6. The predicted octanol–water partition coefficient (Wildman–Crippen LogP) is 12.7. The van der Waals surface area contributed by atoms with Crippen molar-refractivity contribution in [1.29, 1.82) is 0 Å². The summed E-state index contributed by atoms with van der Waals surface area (Å²) in [5.41, 5.74) is 15.4. The van der Waals surface area contributed by atoms with Gasteiger partial charge in [0.25, 0.3) is 0 Å². The molecule has 0 aliphatic heterocycles. The Balaban J connectivity index is 0.980. The molecule has 0 spiro atoms. The minimum Gasteiger partial charge on any atom is -0.264 e. The van der Waals surface area contributed by atoms with Gasteiger partial charge in [0.05, 0.1) is 28.1 Å². The Bertz CT molecular complexity index is 3080. The highest BCUT2D eigenvalue weighted by atomic mass is 14.9. The molecular weight excluding hydrogens is 683 g/mol. The molecule has 6 aromatic carbocycles. The van der Waals surface area contributed by atoms with E-state index in [9.17, 15) is 0 Å². The summed E-state index contributed by atoms with van der Waals surface area (Å²) < 4.78 is 0. The maximum atomic E-state index is 5.16. The van der Waals surface area contributed by atoms with Crippen LogP contribution in [-0.2, 0) is 0 Å². The van der Waals surface area contributed by atoms with E-state index >= 15 is 0 Å². The van der Waals surface area contributed by atoms with Crippen LogP contribution in [0.5, 0.6) is 0 Å². The van der Waals surface area contributed by atoms with E-state index in [0.717, 1.165) is 99.9 Å². The zero-order chi connectivity index (χ0) is 37.6. The smallest absolute Gasteiger partial charge is 0.160 e. The summed E-state index contributed by atoms with van der Waals surface area (Å²) in [6, 6.07) is 57.2. The summed E-state index contributed by atoms with van der Waals surface area (Å²) in [5.74, 6) is 0.679. The van der Waals surface area contributed by atoms with Gasteiger partial charge in [0, 0.05) is 56.5 Å². The quantitative estimate of drug-likeness (QED) is 0.160. The summed E-state index contributed by atoms with van der Waals surface area (Å²) in [5, 5.41) is 4.52. The van der Waals surface area contributed by atoms with Crippen LogP contribution in [0.2, 0.25) is 0 Å². The Hall–Kier alpha value is -7.37. The monoisotopic (exact) mass is 717 g/mol. The van der Waals surface area contributed by atoms with Gasteiger partial charge in [-0.3, -0.25) is 9.97 Å². The number of fused-ring (bicyclic) bond motifs is 4. The molecule has 0 unspecified atom stereocenters. The lowest BCUT2D eigenvalue weighted by molar-refractivity contribution is 1.18. The lowest BCUT2D eigenvalue weighted by atomic mass is 9.97. The topological polar surface area (TPSA) is 64.5 Å². The van der Waals surface area contributed by atoms with Crippen molar-refractivity contribution in [3.8, 4) is 67.4 Å². The summed E-state index contributed by atoms with van der Waals surface area (Å²) in [7, 11) is 0. The highest BCUT2D eigenvalue weighted by molar-refractivity contribution is 6.04. The highest BCUT2D eigenvalue weighted by Gasteiger charge is 2.14. The van der Waals surface area contributed by atoms with E-state index in [4.69, 9.17) is 19.9 Å². The van der Waals surface area contributed by atoms with Crippen LogP contribution in [0.25, 0.3) is 100.0 Å². The summed E-state index contributed by atoms with van der Waals surface area (Å²) in [6.07, 6.45) is 3.78. The molecule has 0 atom stereocenters. The molecule has 0 fully saturated rings. The van der Waals surface area contributed by atoms with E-state index < -0.39 is 0 Å². The highest BCUT2D eigenvalue weighted by Crippen LogP contribution is 2.34. The first-order valence-electron chi connectivity index (χ1n) is 18.8. The molecule has 0 saturated carbocycles. The second kappa shape index (κ2) is 13.8. The minimum absolute atomic E-state index is 0.679. The van der Waals surface area contributed by atoms with Gasteiger partial charge in [0.2, 0.25) is 0 Å². The third kappa shape index (κ3) is 6.15. The van der Waals surface area contributed by atoms with Gasteiger partial charge in [-0.25, -0.2) is 15.0 Å². The summed E-state index contributed by atoms with van der Waals surface area (Å²) in [4.78, 5) is 24.6. The molecule has 0 radical (unpaired) electrons. The van der Waals surface area contributed by atoms with Gasteiger partial charge in [0.1, 0.15) is 0 Å². The first-order chi connectivity index (χ1) is 27.5. The third-order valence-corrected chi connectivity index (χ3v) is 10.6. The van der Waals surface area contributed by atoms with E-state index in [1.165, 1.54) is 5.56 Å². The number of benzene rings is 6. The van der Waals surface area contributed by atoms with E-state index in [0.29, 0.717) is 5.82 Å². The van der Waals surface area contributed by atoms with Crippen molar-refractivity contribution in [3.63, 3.8) is 0 Å². The van der Waals surface area contributed by atoms with E-state index in [-0.39, 0.29) is 0 Å². The first-order valence-corrected chi connectivity index (χ1v) is 18.8. The standard InChI is InChI=1S/C51H35N5/c1-32-28-33(2)53-50-43(32)24-22-39-23-25-46(54-49(39)50)38-18-14-34(15-19-38)35-16-20-40(21-17-35)51-55-47(37-8-4-3-5-9-37)30-48(56-51)42-12-6-11-41(29-42)44-13-7-10-36-26-27-52-31-45(36)44/h3-31H,1-2H3. The molecule has 5 nitrogen and oxygen atoms in total. The van der Waals surface area contributed by atoms with Gasteiger partial charge < -0.3 is 0 Å². The van der Waals surface area contributed by atoms with E-state index in [1.54, 1.807) is 0 Å². The first kappa shape index (κ1) is 33.2. The van der Waals surface area contributed by atoms with Crippen LogP contribution in [0.1, 0.15) is 11.3 Å². The molecule has 0 N–H and O–H groups in total. The largest absolute Gasteiger partial charge is 0.264 e. The number of hydrogen-bond donors (Lipinski definition) is 0. The zero-order valence-corrected chi connectivity index (χ0v) is 31.0. The molecule has 4 heterocycles. The van der Waals surface area contributed by atoms with Crippen molar-refractivity contribution in [2.24, 2.45) is 0 Å². The van der Waals surface area contributed by atoms with Crippen LogP contribution in [0.3, 0.4) is 0 Å². The molecule has 0 aliphatic carbocycles. The van der Waals surface area contributed by atoms with Gasteiger partial charge >= 0.3 is 0 Å². The average molecular weight is 718 g/mol. The molecule has 56 heavy (non-hydrogen) atoms. The Labute approximate surface area is 325 Å². The van der Waals surface area contributed by atoms with Crippen molar-refractivity contribution >= 4 is 32.6 Å². The van der Waals surface area contributed by atoms with Gasteiger partial charge in [-0.1, -0.05) is 133 Å². The molecule has 0 saturated heterocycles. The van der Waals surface area contributed by atoms with Crippen LogP contribution in [0.15, 0.2) is 176 Å². The predicted molar refractivity (Wildman–Crippen MR) is 230 cm³/mol. The minimum atomic E-state index is 0.679. The zero-order valence-electron chi connectivity index (χ0n) is 31.0. The summed E-state index contributed by atoms with van der Waals surface area (Å²) >= 11 is 0. The average Bonchev–Trinajstić information content (AvgIpc) is 3.26. The SMILES string of the molecule is Cc1cc(C)c2ccc3ccc(-c4ccc(-c5ccc(-c6nc(-c7ccccc7)cc(-c7cccc(-c8cccc9ccncc89)c7)n6)cc5)cc4)nc3c2n1. The molecule has 0 aliphatic rings. The summed E-state index contributed by atoms with van der Waals surface area (Å²) in [6.45, 7) is 4.17. The molecular formula is C51H35N5. The van der Waals surface area contributed by atoms with E-state index in [1.807, 2.05) is 37.5 Å². The van der Waals surface area contributed by atoms with Gasteiger partial charge in [0.15, 0.2) is 5.82 Å². The van der Waals surface area contributed by atoms with Gasteiger partial charge in [-0.2, -0.15) is 0 Å². The second-order valence-electron chi connectivity index (χ2n) is 14.3. The number of rotatable bonds is 6.